The average Bonchev–Trinajstić information content (AvgIpc) is 2.33. The van der Waals surface area contributed by atoms with Gasteiger partial charge < -0.3 is 10.0 Å². The zero-order chi connectivity index (χ0) is 11.4. The van der Waals surface area contributed by atoms with Crippen LogP contribution in [0.15, 0.2) is 30.3 Å². The van der Waals surface area contributed by atoms with Gasteiger partial charge in [0, 0.05) is 31.5 Å². The summed E-state index contributed by atoms with van der Waals surface area (Å²) >= 11 is 0. The number of hydrogen-bond donors (Lipinski definition) is 1. The van der Waals surface area contributed by atoms with Crippen LogP contribution >= 0.6 is 0 Å². The summed E-state index contributed by atoms with van der Waals surface area (Å²) in [6, 6.07) is 9.82. The molecule has 1 fully saturated rings. The molecule has 0 saturated carbocycles. The first-order valence-electron chi connectivity index (χ1n) is 5.67. The van der Waals surface area contributed by atoms with Crippen LogP contribution in [0.4, 0.5) is 0 Å². The number of aliphatic hydroxyl groups is 1. The molecule has 0 aliphatic carbocycles. The van der Waals surface area contributed by atoms with E-state index >= 15 is 0 Å². The van der Waals surface area contributed by atoms with E-state index in [4.69, 9.17) is 0 Å². The molecule has 2 nitrogen and oxygen atoms in total. The zero-order valence-electron chi connectivity index (χ0n) is 9.61. The highest BCUT2D eigenvalue weighted by Crippen LogP contribution is 2.20. The molecule has 0 unspecified atom stereocenters. The van der Waals surface area contributed by atoms with E-state index in [1.54, 1.807) is 0 Å². The van der Waals surface area contributed by atoms with E-state index in [9.17, 15) is 5.11 Å². The summed E-state index contributed by atoms with van der Waals surface area (Å²) in [4.78, 5) is 2.22. The summed E-state index contributed by atoms with van der Waals surface area (Å²) in [6.07, 6.45) is 1.48. The van der Waals surface area contributed by atoms with Crippen molar-refractivity contribution >= 4 is 0 Å². The van der Waals surface area contributed by atoms with Gasteiger partial charge in [0.15, 0.2) is 0 Å². The lowest BCUT2D eigenvalue weighted by atomic mass is 9.92. The maximum absolute atomic E-state index is 10.3. The minimum Gasteiger partial charge on any atom is -0.377 e. The molecule has 2 heteroatoms. The molecule has 0 bridgehead atoms. The van der Waals surface area contributed by atoms with Crippen LogP contribution in [0.2, 0.25) is 0 Å². The highest BCUT2D eigenvalue weighted by molar-refractivity contribution is 5.36. The lowest BCUT2D eigenvalue weighted by molar-refractivity contribution is 0.0350. The van der Waals surface area contributed by atoms with E-state index in [2.05, 4.69) is 23.8 Å². The third-order valence-corrected chi connectivity index (χ3v) is 3.03. The summed E-state index contributed by atoms with van der Waals surface area (Å²) in [6.45, 7) is 1.83. The van der Waals surface area contributed by atoms with Gasteiger partial charge in [0.2, 0.25) is 0 Å². The second-order valence-corrected chi connectivity index (χ2v) is 4.45. The molecule has 0 spiro atoms. The van der Waals surface area contributed by atoms with Gasteiger partial charge in [-0.2, -0.15) is 0 Å². The largest absolute Gasteiger partial charge is 0.377 e. The fraction of sp³-hybridized carbons (Fsp3) is 0.429. The molecule has 0 aromatic heterocycles. The number of piperidine rings is 1. The van der Waals surface area contributed by atoms with Crippen LogP contribution in [0.3, 0.4) is 0 Å². The highest BCUT2D eigenvalue weighted by Gasteiger charge is 2.28. The maximum Gasteiger partial charge on any atom is 0.128 e. The van der Waals surface area contributed by atoms with Gasteiger partial charge in [0.05, 0.1) is 0 Å². The van der Waals surface area contributed by atoms with E-state index in [1.807, 2.05) is 30.3 Å². The average molecular weight is 215 g/mol. The normalized spacial score (nSPS) is 19.9. The molecule has 1 N–H and O–H groups in total. The van der Waals surface area contributed by atoms with Crippen molar-refractivity contribution in [1.29, 1.82) is 0 Å². The first-order valence-corrected chi connectivity index (χ1v) is 5.67. The summed E-state index contributed by atoms with van der Waals surface area (Å²) < 4.78 is 0. The van der Waals surface area contributed by atoms with Crippen molar-refractivity contribution in [3.8, 4) is 11.8 Å². The molecule has 1 aliphatic heterocycles. The number of hydrogen-bond acceptors (Lipinski definition) is 2. The van der Waals surface area contributed by atoms with Gasteiger partial charge in [0.25, 0.3) is 0 Å². The van der Waals surface area contributed by atoms with Crippen LogP contribution in [0.25, 0.3) is 0 Å². The van der Waals surface area contributed by atoms with E-state index in [-0.39, 0.29) is 0 Å². The van der Waals surface area contributed by atoms with Crippen molar-refractivity contribution in [3.63, 3.8) is 0 Å². The Hall–Kier alpha value is -1.30. The summed E-state index contributed by atoms with van der Waals surface area (Å²) in [7, 11) is 2.07. The monoisotopic (exact) mass is 215 g/mol. The highest BCUT2D eigenvalue weighted by atomic mass is 16.3. The van der Waals surface area contributed by atoms with Crippen molar-refractivity contribution in [3.05, 3.63) is 35.9 Å². The van der Waals surface area contributed by atoms with Gasteiger partial charge >= 0.3 is 0 Å². The van der Waals surface area contributed by atoms with Crippen molar-refractivity contribution in [2.24, 2.45) is 0 Å². The van der Waals surface area contributed by atoms with Crippen molar-refractivity contribution in [1.82, 2.24) is 4.90 Å². The number of rotatable bonds is 0. The van der Waals surface area contributed by atoms with Gasteiger partial charge in [-0.15, -0.1) is 0 Å². The molecule has 1 aromatic carbocycles. The molecule has 0 atom stereocenters. The lowest BCUT2D eigenvalue weighted by Crippen LogP contribution is -2.41. The van der Waals surface area contributed by atoms with Crippen LogP contribution in [-0.4, -0.2) is 35.7 Å². The van der Waals surface area contributed by atoms with Gasteiger partial charge in [0.1, 0.15) is 5.60 Å². The lowest BCUT2D eigenvalue weighted by Gasteiger charge is -2.32. The molecular formula is C14H17NO. The van der Waals surface area contributed by atoms with Crippen LogP contribution < -0.4 is 0 Å². The Morgan fingerprint density at radius 1 is 1.19 bits per heavy atom. The van der Waals surface area contributed by atoms with Crippen LogP contribution in [0, 0.1) is 11.8 Å². The number of benzene rings is 1. The Labute approximate surface area is 96.9 Å². The first kappa shape index (κ1) is 11.2. The Kier molecular flexibility index (Phi) is 3.28. The summed E-state index contributed by atoms with van der Waals surface area (Å²) in [5, 5.41) is 10.3. The molecule has 1 aromatic rings. The van der Waals surface area contributed by atoms with Gasteiger partial charge in [-0.1, -0.05) is 30.0 Å². The van der Waals surface area contributed by atoms with Crippen LogP contribution in [0.1, 0.15) is 18.4 Å². The topological polar surface area (TPSA) is 23.5 Å². The minimum absolute atomic E-state index is 0.739. The van der Waals surface area contributed by atoms with Crippen LogP contribution in [-0.2, 0) is 0 Å². The Morgan fingerprint density at radius 2 is 1.81 bits per heavy atom. The van der Waals surface area contributed by atoms with Crippen LogP contribution in [0.5, 0.6) is 0 Å². The van der Waals surface area contributed by atoms with E-state index in [0.717, 1.165) is 31.5 Å². The van der Waals surface area contributed by atoms with Crippen molar-refractivity contribution in [2.45, 2.75) is 18.4 Å². The van der Waals surface area contributed by atoms with E-state index < -0.39 is 5.60 Å². The van der Waals surface area contributed by atoms with Gasteiger partial charge in [-0.3, -0.25) is 0 Å². The number of likely N-dealkylation sites (tertiary alicyclic amines) is 1. The zero-order valence-corrected chi connectivity index (χ0v) is 9.61. The molecule has 84 valence electrons. The predicted octanol–water partition coefficient (Wildman–Crippen LogP) is 1.49. The molecule has 0 amide bonds. The first-order chi connectivity index (χ1) is 7.68. The Balaban J connectivity index is 2.07. The minimum atomic E-state index is -0.789. The second-order valence-electron chi connectivity index (χ2n) is 4.45. The fourth-order valence-corrected chi connectivity index (χ4v) is 1.82. The third-order valence-electron chi connectivity index (χ3n) is 3.03. The summed E-state index contributed by atoms with van der Waals surface area (Å²) in [5.74, 6) is 6.06. The predicted molar refractivity (Wildman–Crippen MR) is 65.0 cm³/mol. The molecule has 1 aliphatic rings. The van der Waals surface area contributed by atoms with Crippen molar-refractivity contribution in [2.75, 3.05) is 20.1 Å². The summed E-state index contributed by atoms with van der Waals surface area (Å²) in [5.41, 5.74) is 0.178. The fourth-order valence-electron chi connectivity index (χ4n) is 1.82. The smallest absolute Gasteiger partial charge is 0.128 e. The Bertz CT molecular complexity index is 394. The standard InChI is InChI=1S/C14H17NO/c1-15-11-9-14(16,10-12-15)8-7-13-5-3-2-4-6-13/h2-6,16H,9-12H2,1H3. The quantitative estimate of drug-likeness (QED) is 0.663. The van der Waals surface area contributed by atoms with E-state index in [0.29, 0.717) is 0 Å². The number of nitrogens with zero attached hydrogens (tertiary/aromatic N) is 1. The van der Waals surface area contributed by atoms with Gasteiger partial charge in [-0.25, -0.2) is 0 Å². The molecular weight excluding hydrogens is 198 g/mol. The Morgan fingerprint density at radius 3 is 2.44 bits per heavy atom. The second kappa shape index (κ2) is 4.69. The third kappa shape index (κ3) is 2.85. The van der Waals surface area contributed by atoms with E-state index in [1.165, 1.54) is 0 Å². The molecule has 16 heavy (non-hydrogen) atoms. The maximum atomic E-state index is 10.3. The van der Waals surface area contributed by atoms with Crippen molar-refractivity contribution < 1.29 is 5.11 Å². The van der Waals surface area contributed by atoms with Gasteiger partial charge in [-0.05, 0) is 19.2 Å². The molecule has 2 rings (SSSR count). The SMILES string of the molecule is CN1CCC(O)(C#Cc2ccccc2)CC1. The molecule has 1 saturated heterocycles. The molecule has 1 heterocycles. The molecule has 0 radical (unpaired) electrons.